The summed E-state index contributed by atoms with van der Waals surface area (Å²) in [6, 6.07) is 0. The molecule has 0 bridgehead atoms. The van der Waals surface area contributed by atoms with Crippen molar-refractivity contribution in [1.82, 2.24) is 0 Å². The zero-order valence-corrected chi connectivity index (χ0v) is 20.4. The van der Waals surface area contributed by atoms with Crippen LogP contribution in [0, 0.1) is 28.6 Å². The highest BCUT2D eigenvalue weighted by atomic mass is 16.6. The number of allylic oxidation sites excluding steroid dienone is 4. The van der Waals surface area contributed by atoms with Crippen LogP contribution in [-0.4, -0.2) is 41.5 Å². The van der Waals surface area contributed by atoms with Gasteiger partial charge in [0.1, 0.15) is 6.61 Å². The molecule has 0 aromatic rings. The topological polar surface area (TPSA) is 122 Å². The lowest BCUT2D eigenvalue weighted by atomic mass is 9.47. The summed E-state index contributed by atoms with van der Waals surface area (Å²) in [6.07, 6.45) is 15.9. The summed E-state index contributed by atoms with van der Waals surface area (Å²) in [7, 11) is 0. The SMILES string of the molecule is CC(C)C1=CC2=CCC3[C@@](C)(/C=N/OCCN)CCC[C@]3(C)[C@H]2CC1.O=C(O)/C=C/C(=O)O. The maximum Gasteiger partial charge on any atom is 0.328 e. The van der Waals surface area contributed by atoms with Gasteiger partial charge in [-0.2, -0.15) is 0 Å². The zero-order chi connectivity index (χ0) is 24.6. The van der Waals surface area contributed by atoms with Gasteiger partial charge in [0.2, 0.25) is 0 Å². The molecule has 0 saturated heterocycles. The first-order valence-electron chi connectivity index (χ1n) is 11.9. The molecule has 3 rings (SSSR count). The summed E-state index contributed by atoms with van der Waals surface area (Å²) in [5, 5.41) is 19.9. The van der Waals surface area contributed by atoms with Gasteiger partial charge in [-0.15, -0.1) is 0 Å². The predicted octanol–water partition coefficient (Wildman–Crippen LogP) is 4.79. The molecule has 4 N–H and O–H groups in total. The van der Waals surface area contributed by atoms with E-state index in [2.05, 4.69) is 51.2 Å². The van der Waals surface area contributed by atoms with Crippen molar-refractivity contribution < 1.29 is 24.6 Å². The maximum absolute atomic E-state index is 9.55. The number of carbonyl (C=O) groups is 2. The molecule has 184 valence electrons. The van der Waals surface area contributed by atoms with Crippen LogP contribution >= 0.6 is 0 Å². The minimum absolute atomic E-state index is 0.131. The number of nitrogens with two attached hydrogens (primary N) is 1. The van der Waals surface area contributed by atoms with Crippen LogP contribution in [0.4, 0.5) is 0 Å². The maximum atomic E-state index is 9.55. The van der Waals surface area contributed by atoms with Gasteiger partial charge in [0.25, 0.3) is 0 Å². The Kier molecular flexibility index (Phi) is 9.46. The number of hydrogen-bond acceptors (Lipinski definition) is 5. The molecule has 1 saturated carbocycles. The first-order valence-corrected chi connectivity index (χ1v) is 11.9. The molecule has 7 heteroatoms. The van der Waals surface area contributed by atoms with Crippen LogP contribution in [-0.2, 0) is 14.4 Å². The highest BCUT2D eigenvalue weighted by Crippen LogP contribution is 2.61. The summed E-state index contributed by atoms with van der Waals surface area (Å²) in [5.74, 6) is -0.468. The van der Waals surface area contributed by atoms with Gasteiger partial charge in [-0.05, 0) is 60.8 Å². The highest BCUT2D eigenvalue weighted by molar-refractivity contribution is 5.89. The minimum Gasteiger partial charge on any atom is -0.478 e. The second kappa shape index (κ2) is 11.6. The summed E-state index contributed by atoms with van der Waals surface area (Å²) in [6.45, 7) is 10.6. The third kappa shape index (κ3) is 6.79. The van der Waals surface area contributed by atoms with E-state index in [1.807, 2.05) is 0 Å². The summed E-state index contributed by atoms with van der Waals surface area (Å²) in [4.78, 5) is 24.4. The Morgan fingerprint density at radius 2 is 1.91 bits per heavy atom. The number of aliphatic carboxylic acids is 2. The lowest BCUT2D eigenvalue weighted by Gasteiger charge is -2.57. The van der Waals surface area contributed by atoms with E-state index in [-0.39, 0.29) is 5.41 Å². The van der Waals surface area contributed by atoms with Crippen LogP contribution in [0.3, 0.4) is 0 Å². The molecule has 0 heterocycles. The molecule has 0 radical (unpaired) electrons. The summed E-state index contributed by atoms with van der Waals surface area (Å²) in [5.41, 5.74) is 9.28. The average Bonchev–Trinajstić information content (AvgIpc) is 2.75. The fourth-order valence-corrected chi connectivity index (χ4v) is 5.95. The standard InChI is InChI=1S/C22H36N2O.C4H4O4/c1-16(2)17-6-8-19-18(14-17)7-9-20-21(3,15-24-25-13-12-23)10-5-11-22(19,20)4;5-3(6)1-2-4(7)8/h7,14-16,19-20H,5-6,8-13,23H2,1-4H3;1-2H,(H,5,6)(H,7,8)/b24-15+;2-1+/t19-,20?,21+,22+;/m0./s1. The van der Waals surface area contributed by atoms with E-state index >= 15 is 0 Å². The normalized spacial score (nSPS) is 31.2. The molecule has 0 aliphatic heterocycles. The first-order chi connectivity index (χ1) is 15.5. The largest absolute Gasteiger partial charge is 0.478 e. The molecule has 0 spiro atoms. The van der Waals surface area contributed by atoms with Crippen LogP contribution in [0.1, 0.15) is 66.2 Å². The quantitative estimate of drug-likeness (QED) is 0.217. The molecule has 0 amide bonds. The van der Waals surface area contributed by atoms with Gasteiger partial charge in [-0.3, -0.25) is 0 Å². The van der Waals surface area contributed by atoms with E-state index in [4.69, 9.17) is 20.8 Å². The van der Waals surface area contributed by atoms with Gasteiger partial charge in [-0.1, -0.05) is 57.0 Å². The van der Waals surface area contributed by atoms with Crippen molar-refractivity contribution in [3.63, 3.8) is 0 Å². The second-order valence-corrected chi connectivity index (χ2v) is 10.2. The number of nitrogens with zero attached hydrogens (tertiary/aromatic N) is 1. The van der Waals surface area contributed by atoms with Crippen molar-refractivity contribution in [3.05, 3.63) is 35.5 Å². The van der Waals surface area contributed by atoms with Gasteiger partial charge in [0, 0.05) is 30.3 Å². The predicted molar refractivity (Wildman–Crippen MR) is 130 cm³/mol. The van der Waals surface area contributed by atoms with Crippen molar-refractivity contribution in [1.29, 1.82) is 0 Å². The van der Waals surface area contributed by atoms with Crippen molar-refractivity contribution in [3.8, 4) is 0 Å². The van der Waals surface area contributed by atoms with E-state index < -0.39 is 11.9 Å². The van der Waals surface area contributed by atoms with E-state index in [0.29, 0.717) is 48.5 Å². The number of rotatable bonds is 7. The average molecular weight is 461 g/mol. The van der Waals surface area contributed by atoms with E-state index in [9.17, 15) is 9.59 Å². The Bertz CT molecular complexity index is 813. The van der Waals surface area contributed by atoms with Crippen LogP contribution in [0.2, 0.25) is 0 Å². The Morgan fingerprint density at radius 1 is 1.24 bits per heavy atom. The lowest BCUT2D eigenvalue weighted by molar-refractivity contribution is -0.134. The monoisotopic (exact) mass is 460 g/mol. The van der Waals surface area contributed by atoms with Crippen LogP contribution < -0.4 is 5.73 Å². The minimum atomic E-state index is -1.26. The van der Waals surface area contributed by atoms with Crippen LogP contribution in [0.25, 0.3) is 0 Å². The highest BCUT2D eigenvalue weighted by Gasteiger charge is 2.53. The van der Waals surface area contributed by atoms with Gasteiger partial charge in [0.15, 0.2) is 0 Å². The van der Waals surface area contributed by atoms with Gasteiger partial charge < -0.3 is 20.8 Å². The Labute approximate surface area is 197 Å². The Balaban J connectivity index is 0.000000414. The zero-order valence-electron chi connectivity index (χ0n) is 20.4. The van der Waals surface area contributed by atoms with Gasteiger partial charge in [-0.25, -0.2) is 9.59 Å². The van der Waals surface area contributed by atoms with Crippen LogP contribution in [0.15, 0.2) is 40.6 Å². The molecule has 7 nitrogen and oxygen atoms in total. The van der Waals surface area contributed by atoms with E-state index in [1.54, 1.807) is 11.1 Å². The third-order valence-corrected chi connectivity index (χ3v) is 7.63. The molecular formula is C26H40N2O5. The van der Waals surface area contributed by atoms with Crippen LogP contribution in [0.5, 0.6) is 0 Å². The lowest BCUT2D eigenvalue weighted by Crippen LogP contribution is -2.50. The molecule has 0 aromatic heterocycles. The van der Waals surface area contributed by atoms with Crippen molar-refractivity contribution >= 4 is 18.2 Å². The molecule has 1 unspecified atom stereocenters. The van der Waals surface area contributed by atoms with Crippen molar-refractivity contribution in [2.24, 2.45) is 39.5 Å². The van der Waals surface area contributed by atoms with Crippen molar-refractivity contribution in [2.75, 3.05) is 13.2 Å². The van der Waals surface area contributed by atoms with Gasteiger partial charge >= 0.3 is 11.9 Å². The molecule has 0 aromatic carbocycles. The molecular weight excluding hydrogens is 420 g/mol. The van der Waals surface area contributed by atoms with E-state index in [0.717, 1.165) is 0 Å². The first kappa shape index (κ1) is 26.8. The number of carboxylic acids is 2. The summed E-state index contributed by atoms with van der Waals surface area (Å²) < 4.78 is 0. The number of carboxylic acid groups (broad SMARTS) is 2. The Morgan fingerprint density at radius 3 is 2.48 bits per heavy atom. The van der Waals surface area contributed by atoms with E-state index in [1.165, 1.54) is 38.5 Å². The molecule has 1 fully saturated rings. The fourth-order valence-electron chi connectivity index (χ4n) is 5.95. The molecule has 3 aliphatic rings. The smallest absolute Gasteiger partial charge is 0.328 e. The van der Waals surface area contributed by atoms with Crippen molar-refractivity contribution in [2.45, 2.75) is 66.2 Å². The number of hydrogen-bond donors (Lipinski definition) is 3. The molecule has 33 heavy (non-hydrogen) atoms. The number of oxime groups is 1. The van der Waals surface area contributed by atoms with Gasteiger partial charge in [0.05, 0.1) is 0 Å². The number of fused-ring (bicyclic) bond motifs is 3. The molecule has 3 aliphatic carbocycles. The fraction of sp³-hybridized carbons (Fsp3) is 0.654. The summed E-state index contributed by atoms with van der Waals surface area (Å²) >= 11 is 0. The Hall–Kier alpha value is -2.41. The molecule has 4 atom stereocenters. The second-order valence-electron chi connectivity index (χ2n) is 10.2. The third-order valence-electron chi connectivity index (χ3n) is 7.63.